The molecule has 100 valence electrons. The maximum absolute atomic E-state index is 12.1. The molecule has 4 heteroatoms. The van der Waals surface area contributed by atoms with Crippen LogP contribution in [0.25, 0.3) is 0 Å². The molecule has 1 aliphatic rings. The van der Waals surface area contributed by atoms with Crippen molar-refractivity contribution in [3.8, 4) is 11.8 Å². The number of hydrogen-bond donors (Lipinski definition) is 1. The molecule has 0 bridgehead atoms. The summed E-state index contributed by atoms with van der Waals surface area (Å²) in [6, 6.07) is -0.302. The van der Waals surface area contributed by atoms with E-state index in [1.807, 2.05) is 13.8 Å². The van der Waals surface area contributed by atoms with Crippen LogP contribution >= 0.6 is 0 Å². The fraction of sp³-hybridized carbons (Fsp3) is 0.714. The predicted octanol–water partition coefficient (Wildman–Crippen LogP) is 1.31. The van der Waals surface area contributed by atoms with Crippen LogP contribution < -0.4 is 5.32 Å². The number of rotatable bonds is 6. The quantitative estimate of drug-likeness (QED) is 0.439. The third-order valence-corrected chi connectivity index (χ3v) is 3.31. The minimum atomic E-state index is -0.350. The Morgan fingerprint density at radius 2 is 2.06 bits per heavy atom. The summed E-state index contributed by atoms with van der Waals surface area (Å²) < 4.78 is 0. The molecule has 2 amide bonds. The average molecular weight is 250 g/mol. The van der Waals surface area contributed by atoms with Crippen LogP contribution in [0.4, 0.5) is 0 Å². The smallest absolute Gasteiger partial charge is 0.247 e. The fourth-order valence-corrected chi connectivity index (χ4v) is 2.28. The SMILES string of the molecule is CC#CCCNC1CC(=O)N(C(CC)CC)C1=O. The number of nitrogens with zero attached hydrogens (tertiary/aromatic N) is 1. The number of carbonyl (C=O) groups excluding carboxylic acids is 2. The van der Waals surface area contributed by atoms with Gasteiger partial charge in [0.05, 0.1) is 12.5 Å². The highest BCUT2D eigenvalue weighted by molar-refractivity contribution is 6.05. The lowest BCUT2D eigenvalue weighted by molar-refractivity contribution is -0.141. The van der Waals surface area contributed by atoms with Crippen molar-refractivity contribution >= 4 is 11.8 Å². The zero-order chi connectivity index (χ0) is 13.5. The van der Waals surface area contributed by atoms with Crippen LogP contribution in [0.2, 0.25) is 0 Å². The Bertz CT molecular complexity index is 364. The Labute approximate surface area is 109 Å². The van der Waals surface area contributed by atoms with Gasteiger partial charge in [-0.25, -0.2) is 0 Å². The fourth-order valence-electron chi connectivity index (χ4n) is 2.28. The molecule has 0 spiro atoms. The largest absolute Gasteiger partial charge is 0.304 e. The number of carbonyl (C=O) groups is 2. The van der Waals surface area contributed by atoms with Gasteiger partial charge in [-0.15, -0.1) is 11.8 Å². The van der Waals surface area contributed by atoms with Crippen LogP contribution in [0.5, 0.6) is 0 Å². The second kappa shape index (κ2) is 7.17. The number of hydrogen-bond acceptors (Lipinski definition) is 3. The van der Waals surface area contributed by atoms with Crippen LogP contribution in [0, 0.1) is 11.8 Å². The van der Waals surface area contributed by atoms with Gasteiger partial charge in [-0.3, -0.25) is 14.5 Å². The normalized spacial score (nSPS) is 19.3. The van der Waals surface area contributed by atoms with E-state index < -0.39 is 0 Å². The average Bonchev–Trinajstić information content (AvgIpc) is 2.64. The van der Waals surface area contributed by atoms with E-state index in [-0.39, 0.29) is 30.3 Å². The van der Waals surface area contributed by atoms with E-state index in [9.17, 15) is 9.59 Å². The minimum absolute atomic E-state index is 0.0484. The Morgan fingerprint density at radius 3 is 2.61 bits per heavy atom. The molecular formula is C14H22N2O2. The number of imide groups is 1. The van der Waals surface area contributed by atoms with Crippen molar-refractivity contribution in [2.45, 2.75) is 58.5 Å². The molecule has 18 heavy (non-hydrogen) atoms. The molecule has 1 heterocycles. The van der Waals surface area contributed by atoms with Gasteiger partial charge < -0.3 is 5.32 Å². The molecule has 0 aromatic rings. The minimum Gasteiger partial charge on any atom is -0.304 e. The monoisotopic (exact) mass is 250 g/mol. The van der Waals surface area contributed by atoms with Gasteiger partial charge >= 0.3 is 0 Å². The van der Waals surface area contributed by atoms with Gasteiger partial charge in [0.2, 0.25) is 11.8 Å². The van der Waals surface area contributed by atoms with Gasteiger partial charge in [-0.05, 0) is 19.8 Å². The second-order valence-electron chi connectivity index (χ2n) is 4.46. The van der Waals surface area contributed by atoms with Crippen LogP contribution in [-0.4, -0.2) is 35.3 Å². The Morgan fingerprint density at radius 1 is 1.39 bits per heavy atom. The first-order chi connectivity index (χ1) is 8.65. The molecule has 0 radical (unpaired) electrons. The van der Waals surface area contributed by atoms with E-state index in [1.54, 1.807) is 6.92 Å². The number of likely N-dealkylation sites (tertiary alicyclic amines) is 1. The van der Waals surface area contributed by atoms with Crippen molar-refractivity contribution in [1.29, 1.82) is 0 Å². The summed E-state index contributed by atoms with van der Waals surface area (Å²) in [6.45, 7) is 6.46. The molecule has 1 saturated heterocycles. The van der Waals surface area contributed by atoms with Crippen molar-refractivity contribution in [2.24, 2.45) is 0 Å². The van der Waals surface area contributed by atoms with Gasteiger partial charge in [0.15, 0.2) is 0 Å². The molecule has 1 unspecified atom stereocenters. The highest BCUT2D eigenvalue weighted by Crippen LogP contribution is 2.19. The number of amides is 2. The molecular weight excluding hydrogens is 228 g/mol. The van der Waals surface area contributed by atoms with Crippen molar-refractivity contribution < 1.29 is 9.59 Å². The lowest BCUT2D eigenvalue weighted by Gasteiger charge is -2.24. The molecule has 1 N–H and O–H groups in total. The summed E-state index contributed by atoms with van der Waals surface area (Å²) in [7, 11) is 0. The molecule has 1 fully saturated rings. The van der Waals surface area contributed by atoms with E-state index in [0.717, 1.165) is 12.8 Å². The molecule has 0 aromatic carbocycles. The van der Waals surface area contributed by atoms with Gasteiger partial charge in [-0.2, -0.15) is 0 Å². The summed E-state index contributed by atoms with van der Waals surface area (Å²) >= 11 is 0. The summed E-state index contributed by atoms with van der Waals surface area (Å²) in [4.78, 5) is 25.5. The highest BCUT2D eigenvalue weighted by Gasteiger charge is 2.40. The molecule has 0 saturated carbocycles. The Balaban J connectivity index is 2.57. The van der Waals surface area contributed by atoms with Gasteiger partial charge in [0.25, 0.3) is 0 Å². The molecule has 0 aliphatic carbocycles. The van der Waals surface area contributed by atoms with Gasteiger partial charge in [0.1, 0.15) is 0 Å². The zero-order valence-corrected chi connectivity index (χ0v) is 11.5. The predicted molar refractivity (Wildman–Crippen MR) is 70.7 cm³/mol. The topological polar surface area (TPSA) is 49.4 Å². The van der Waals surface area contributed by atoms with Crippen molar-refractivity contribution in [1.82, 2.24) is 10.2 Å². The summed E-state index contributed by atoms with van der Waals surface area (Å²) in [5.41, 5.74) is 0. The Kier molecular flexibility index (Phi) is 5.87. The van der Waals surface area contributed by atoms with Crippen LogP contribution in [0.3, 0.4) is 0 Å². The molecule has 1 rings (SSSR count). The van der Waals surface area contributed by atoms with Crippen molar-refractivity contribution in [3.63, 3.8) is 0 Å². The third-order valence-electron chi connectivity index (χ3n) is 3.31. The highest BCUT2D eigenvalue weighted by atomic mass is 16.2. The van der Waals surface area contributed by atoms with E-state index in [0.29, 0.717) is 13.0 Å². The molecule has 1 atom stereocenters. The Hall–Kier alpha value is -1.34. The first kappa shape index (κ1) is 14.7. The maximum atomic E-state index is 12.1. The van der Waals surface area contributed by atoms with Crippen molar-refractivity contribution in [2.75, 3.05) is 6.54 Å². The lowest BCUT2D eigenvalue weighted by atomic mass is 10.1. The molecule has 1 aliphatic heterocycles. The summed E-state index contributed by atoms with van der Waals surface area (Å²) in [5, 5.41) is 3.12. The number of nitrogens with one attached hydrogen (secondary N) is 1. The van der Waals surface area contributed by atoms with Crippen LogP contribution in [-0.2, 0) is 9.59 Å². The van der Waals surface area contributed by atoms with E-state index in [2.05, 4.69) is 17.2 Å². The van der Waals surface area contributed by atoms with E-state index in [1.165, 1.54) is 4.90 Å². The summed E-state index contributed by atoms with van der Waals surface area (Å²) in [5.74, 6) is 5.62. The maximum Gasteiger partial charge on any atom is 0.247 e. The second-order valence-corrected chi connectivity index (χ2v) is 4.46. The van der Waals surface area contributed by atoms with Gasteiger partial charge in [0, 0.05) is 19.0 Å². The third kappa shape index (κ3) is 3.33. The van der Waals surface area contributed by atoms with Gasteiger partial charge in [-0.1, -0.05) is 13.8 Å². The van der Waals surface area contributed by atoms with E-state index >= 15 is 0 Å². The zero-order valence-electron chi connectivity index (χ0n) is 11.5. The standard InChI is InChI=1S/C14H22N2O2/c1-4-7-8-9-15-12-10-13(17)16(14(12)18)11(5-2)6-3/h11-12,15H,5-6,8-10H2,1-3H3. The van der Waals surface area contributed by atoms with Crippen LogP contribution in [0.1, 0.15) is 46.5 Å². The van der Waals surface area contributed by atoms with E-state index in [4.69, 9.17) is 0 Å². The lowest BCUT2D eigenvalue weighted by Crippen LogP contribution is -2.43. The first-order valence-corrected chi connectivity index (χ1v) is 6.64. The molecule has 4 nitrogen and oxygen atoms in total. The van der Waals surface area contributed by atoms with Crippen molar-refractivity contribution in [3.05, 3.63) is 0 Å². The van der Waals surface area contributed by atoms with Crippen LogP contribution in [0.15, 0.2) is 0 Å². The summed E-state index contributed by atoms with van der Waals surface area (Å²) in [6.07, 6.45) is 2.64. The first-order valence-electron chi connectivity index (χ1n) is 6.64. The molecule has 0 aromatic heterocycles.